The van der Waals surface area contributed by atoms with E-state index in [1.54, 1.807) is 24.3 Å². The molecule has 1 atom stereocenters. The van der Waals surface area contributed by atoms with Gasteiger partial charge in [0.25, 0.3) is 5.91 Å². The van der Waals surface area contributed by atoms with Crippen LogP contribution in [-0.2, 0) is 24.4 Å². The van der Waals surface area contributed by atoms with Crippen molar-refractivity contribution < 1.29 is 23.1 Å². The van der Waals surface area contributed by atoms with Crippen LogP contribution < -0.4 is 10.1 Å². The minimum atomic E-state index is -0.384. The molecule has 3 aromatic carbocycles. The van der Waals surface area contributed by atoms with Crippen molar-refractivity contribution >= 4 is 11.8 Å². The number of nitrogens with one attached hydrogen (secondary N) is 1. The second kappa shape index (κ2) is 11.0. The van der Waals surface area contributed by atoms with Gasteiger partial charge in [-0.2, -0.15) is 0 Å². The molecular formula is C33H31FN2O4. The SMILES string of the molecule is Cc1cccc([C@H]2c3cc(OCc4ccc(C(=O)NCc5cccc(F)c5)o4)ccc3CCN2C(=O)C2CC2)c1. The smallest absolute Gasteiger partial charge is 0.287 e. The van der Waals surface area contributed by atoms with Gasteiger partial charge in [0.1, 0.15) is 23.9 Å². The number of hydrogen-bond acceptors (Lipinski definition) is 4. The van der Waals surface area contributed by atoms with Crippen LogP contribution in [0.2, 0.25) is 0 Å². The van der Waals surface area contributed by atoms with E-state index in [1.807, 2.05) is 23.1 Å². The molecule has 2 aliphatic rings. The third-order valence-corrected chi connectivity index (χ3v) is 7.52. The van der Waals surface area contributed by atoms with E-state index in [1.165, 1.54) is 17.7 Å². The number of nitrogens with zero attached hydrogens (tertiary/aromatic N) is 1. The Morgan fingerprint density at radius 2 is 1.88 bits per heavy atom. The predicted molar refractivity (Wildman–Crippen MR) is 148 cm³/mol. The molecule has 0 saturated heterocycles. The van der Waals surface area contributed by atoms with E-state index in [2.05, 4.69) is 36.5 Å². The third-order valence-electron chi connectivity index (χ3n) is 7.52. The maximum absolute atomic E-state index is 13.4. The van der Waals surface area contributed by atoms with Gasteiger partial charge < -0.3 is 19.4 Å². The predicted octanol–water partition coefficient (Wildman–Crippen LogP) is 6.12. The summed E-state index contributed by atoms with van der Waals surface area (Å²) in [6, 6.07) is 23.7. The number of benzene rings is 3. The van der Waals surface area contributed by atoms with Crippen LogP contribution in [0, 0.1) is 18.7 Å². The van der Waals surface area contributed by atoms with Gasteiger partial charge in [-0.15, -0.1) is 0 Å². The average Bonchev–Trinajstić information content (AvgIpc) is 3.71. The van der Waals surface area contributed by atoms with Crippen LogP contribution in [0.5, 0.6) is 5.75 Å². The molecule has 1 N–H and O–H groups in total. The van der Waals surface area contributed by atoms with Gasteiger partial charge in [-0.25, -0.2) is 4.39 Å². The molecule has 2 heterocycles. The van der Waals surface area contributed by atoms with E-state index >= 15 is 0 Å². The summed E-state index contributed by atoms with van der Waals surface area (Å²) in [5, 5.41) is 2.74. The van der Waals surface area contributed by atoms with Crippen LogP contribution >= 0.6 is 0 Å². The van der Waals surface area contributed by atoms with E-state index in [0.29, 0.717) is 23.6 Å². The highest BCUT2D eigenvalue weighted by atomic mass is 19.1. The molecule has 1 fully saturated rings. The van der Waals surface area contributed by atoms with Gasteiger partial charge in [-0.05, 0) is 84.8 Å². The van der Waals surface area contributed by atoms with Gasteiger partial charge in [-0.3, -0.25) is 9.59 Å². The fourth-order valence-corrected chi connectivity index (χ4v) is 5.33. The first-order valence-electron chi connectivity index (χ1n) is 13.7. The summed E-state index contributed by atoms with van der Waals surface area (Å²) in [5.74, 6) is 0.994. The minimum Gasteiger partial charge on any atom is -0.486 e. The van der Waals surface area contributed by atoms with Gasteiger partial charge in [0.05, 0.1) is 6.04 Å². The first-order chi connectivity index (χ1) is 19.4. The zero-order chi connectivity index (χ0) is 27.6. The molecule has 6 rings (SSSR count). The molecule has 6 nitrogen and oxygen atoms in total. The van der Waals surface area contributed by atoms with E-state index in [0.717, 1.165) is 36.0 Å². The molecule has 4 aromatic rings. The highest BCUT2D eigenvalue weighted by Gasteiger charge is 2.39. The summed E-state index contributed by atoms with van der Waals surface area (Å²) in [4.78, 5) is 27.8. The summed E-state index contributed by atoms with van der Waals surface area (Å²) in [7, 11) is 0. The quantitative estimate of drug-likeness (QED) is 0.293. The summed E-state index contributed by atoms with van der Waals surface area (Å²) in [6.45, 7) is 3.12. The Morgan fingerprint density at radius 1 is 1.02 bits per heavy atom. The first-order valence-corrected chi connectivity index (χ1v) is 13.7. The maximum atomic E-state index is 13.4. The maximum Gasteiger partial charge on any atom is 0.287 e. The summed E-state index contributed by atoms with van der Waals surface area (Å²) in [5.41, 5.74) is 5.22. The second-order valence-corrected chi connectivity index (χ2v) is 10.6. The summed E-state index contributed by atoms with van der Waals surface area (Å²) < 4.78 is 25.2. The van der Waals surface area contributed by atoms with Crippen LogP contribution in [0.1, 0.15) is 63.0 Å². The van der Waals surface area contributed by atoms with Crippen LogP contribution in [-0.4, -0.2) is 23.3 Å². The van der Waals surface area contributed by atoms with Crippen LogP contribution in [0.15, 0.2) is 83.3 Å². The Kier molecular flexibility index (Phi) is 7.11. The van der Waals surface area contributed by atoms with Gasteiger partial charge in [0, 0.05) is 19.0 Å². The highest BCUT2D eigenvalue weighted by molar-refractivity contribution is 5.91. The molecule has 1 saturated carbocycles. The number of rotatable bonds is 8. The lowest BCUT2D eigenvalue weighted by Crippen LogP contribution is -2.41. The number of ether oxygens (including phenoxy) is 1. The number of hydrogen-bond donors (Lipinski definition) is 1. The number of halogens is 1. The Bertz CT molecular complexity index is 1560. The number of amides is 2. The zero-order valence-electron chi connectivity index (χ0n) is 22.4. The molecule has 1 aromatic heterocycles. The molecule has 0 unspecified atom stereocenters. The van der Waals surface area contributed by atoms with Crippen molar-refractivity contribution in [1.29, 1.82) is 0 Å². The van der Waals surface area contributed by atoms with Gasteiger partial charge in [0.15, 0.2) is 5.76 Å². The van der Waals surface area contributed by atoms with Crippen LogP contribution in [0.3, 0.4) is 0 Å². The van der Waals surface area contributed by atoms with Gasteiger partial charge in [0.2, 0.25) is 5.91 Å². The monoisotopic (exact) mass is 538 g/mol. The van der Waals surface area contributed by atoms with E-state index in [4.69, 9.17) is 9.15 Å². The molecule has 1 aliphatic carbocycles. The molecule has 7 heteroatoms. The van der Waals surface area contributed by atoms with Crippen molar-refractivity contribution in [2.45, 2.75) is 45.4 Å². The van der Waals surface area contributed by atoms with Crippen LogP contribution in [0.25, 0.3) is 0 Å². The number of carbonyl (C=O) groups excluding carboxylic acids is 2. The standard InChI is InChI=1S/C33H31FN2O4/c1-21-4-2-6-25(16-21)31-29-18-27(11-10-23(29)14-15-36(31)33(38)24-8-9-24)39-20-28-12-13-30(40-28)32(37)35-19-22-5-3-7-26(34)17-22/h2-7,10-13,16-18,24,31H,8-9,14-15,19-20H2,1H3,(H,35,37)/t31-/m0/s1. The van der Waals surface area contributed by atoms with Crippen molar-refractivity contribution in [1.82, 2.24) is 10.2 Å². The molecule has 40 heavy (non-hydrogen) atoms. The Balaban J connectivity index is 1.16. The van der Waals surface area contributed by atoms with Gasteiger partial charge in [-0.1, -0.05) is 48.0 Å². The Labute approximate surface area is 232 Å². The molecule has 0 spiro atoms. The normalized spacial score (nSPS) is 16.4. The molecule has 2 amide bonds. The largest absolute Gasteiger partial charge is 0.486 e. The first kappa shape index (κ1) is 25.9. The number of furan rings is 1. The van der Waals surface area contributed by atoms with Crippen molar-refractivity contribution in [2.75, 3.05) is 6.54 Å². The lowest BCUT2D eigenvalue weighted by molar-refractivity contribution is -0.134. The molecule has 1 aliphatic heterocycles. The number of fused-ring (bicyclic) bond motifs is 1. The summed E-state index contributed by atoms with van der Waals surface area (Å²) in [6.07, 6.45) is 2.75. The fraction of sp³-hybridized carbons (Fsp3) is 0.273. The summed E-state index contributed by atoms with van der Waals surface area (Å²) >= 11 is 0. The van der Waals surface area contributed by atoms with E-state index in [9.17, 15) is 14.0 Å². The second-order valence-electron chi connectivity index (χ2n) is 10.6. The third kappa shape index (κ3) is 5.64. The average molecular weight is 539 g/mol. The molecule has 0 radical (unpaired) electrons. The van der Waals surface area contributed by atoms with Crippen molar-refractivity contribution in [2.24, 2.45) is 5.92 Å². The molecule has 204 valence electrons. The fourth-order valence-electron chi connectivity index (χ4n) is 5.33. The Morgan fingerprint density at radius 3 is 2.67 bits per heavy atom. The molecule has 0 bridgehead atoms. The number of carbonyl (C=O) groups is 2. The topological polar surface area (TPSA) is 71.8 Å². The van der Waals surface area contributed by atoms with E-state index in [-0.39, 0.29) is 48.5 Å². The van der Waals surface area contributed by atoms with E-state index < -0.39 is 0 Å². The number of aryl methyl sites for hydroxylation is 1. The Hall–Kier alpha value is -4.39. The van der Waals surface area contributed by atoms with Crippen molar-refractivity contribution in [3.63, 3.8) is 0 Å². The lowest BCUT2D eigenvalue weighted by Gasteiger charge is -2.38. The zero-order valence-corrected chi connectivity index (χ0v) is 22.4. The molecular weight excluding hydrogens is 507 g/mol. The van der Waals surface area contributed by atoms with Crippen LogP contribution in [0.4, 0.5) is 4.39 Å². The minimum absolute atomic E-state index is 0.146. The lowest BCUT2D eigenvalue weighted by atomic mass is 9.87. The van der Waals surface area contributed by atoms with Crippen molar-refractivity contribution in [3.8, 4) is 5.75 Å². The van der Waals surface area contributed by atoms with Crippen molar-refractivity contribution in [3.05, 3.63) is 124 Å². The van der Waals surface area contributed by atoms with Gasteiger partial charge >= 0.3 is 0 Å². The highest BCUT2D eigenvalue weighted by Crippen LogP contribution is 2.41.